The van der Waals surface area contributed by atoms with Gasteiger partial charge in [0.2, 0.25) is 11.8 Å². The van der Waals surface area contributed by atoms with Crippen LogP contribution in [0.15, 0.2) is 66.1 Å². The maximum atomic E-state index is 12.4. The van der Waals surface area contributed by atoms with E-state index < -0.39 is 12.3 Å². The number of H-pyrrole nitrogens is 1. The summed E-state index contributed by atoms with van der Waals surface area (Å²) >= 11 is 0. The van der Waals surface area contributed by atoms with Gasteiger partial charge in [-0.25, -0.2) is 0 Å². The maximum Gasteiger partial charge on any atom is 0.573 e. The van der Waals surface area contributed by atoms with Crippen molar-refractivity contribution in [1.82, 2.24) is 10.2 Å². The molecule has 9 heteroatoms. The van der Waals surface area contributed by atoms with Gasteiger partial charge in [0.05, 0.1) is 17.2 Å². The number of allylic oxidation sites excluding steroid dienone is 1. The quantitative estimate of drug-likeness (QED) is 0.689. The number of nitrogens with one attached hydrogen (secondary N) is 1. The van der Waals surface area contributed by atoms with Crippen molar-refractivity contribution in [1.29, 1.82) is 5.26 Å². The summed E-state index contributed by atoms with van der Waals surface area (Å²) in [6.07, 6.45) is -4.79. The third-order valence-corrected chi connectivity index (χ3v) is 4.45. The highest BCUT2D eigenvalue weighted by Gasteiger charge is 2.36. The number of nitrogens with two attached hydrogens (primary N) is 1. The van der Waals surface area contributed by atoms with Gasteiger partial charge in [0, 0.05) is 0 Å². The van der Waals surface area contributed by atoms with E-state index in [0.29, 0.717) is 16.8 Å². The van der Waals surface area contributed by atoms with Crippen molar-refractivity contribution in [2.24, 2.45) is 5.73 Å². The highest BCUT2D eigenvalue weighted by atomic mass is 19.4. The van der Waals surface area contributed by atoms with Crippen LogP contribution < -0.4 is 15.2 Å². The first-order valence-electron chi connectivity index (χ1n) is 8.44. The summed E-state index contributed by atoms with van der Waals surface area (Å²) in [5.41, 5.74) is 8.60. The molecule has 0 saturated carbocycles. The number of aromatic amines is 1. The number of benzene rings is 2. The number of nitrogens with zero attached hydrogens (tertiary/aromatic N) is 2. The maximum absolute atomic E-state index is 12.4. The van der Waals surface area contributed by atoms with Crippen LogP contribution >= 0.6 is 0 Å². The van der Waals surface area contributed by atoms with Crippen LogP contribution in [0.25, 0.3) is 11.3 Å². The molecule has 3 aromatic rings. The molecule has 0 saturated heterocycles. The fraction of sp³-hybridized carbons (Fsp3) is 0.100. The van der Waals surface area contributed by atoms with E-state index in [4.69, 9.17) is 10.5 Å². The van der Waals surface area contributed by atoms with Gasteiger partial charge in [-0.1, -0.05) is 42.5 Å². The second-order valence-electron chi connectivity index (χ2n) is 6.23. The zero-order valence-corrected chi connectivity index (χ0v) is 14.7. The summed E-state index contributed by atoms with van der Waals surface area (Å²) in [6, 6.07) is 16.6. The van der Waals surface area contributed by atoms with Crippen LogP contribution in [-0.2, 0) is 0 Å². The summed E-state index contributed by atoms with van der Waals surface area (Å²) in [7, 11) is 0. The average molecular weight is 398 g/mol. The SMILES string of the molecule is N#CC1=C(N)Oc2n[nH]c(-c3ccccc3)c2C1c1ccc(OC(F)(F)F)cc1. The van der Waals surface area contributed by atoms with Gasteiger partial charge < -0.3 is 15.2 Å². The topological polar surface area (TPSA) is 97.0 Å². The lowest BCUT2D eigenvalue weighted by Crippen LogP contribution is -2.21. The van der Waals surface area contributed by atoms with Gasteiger partial charge >= 0.3 is 6.36 Å². The van der Waals surface area contributed by atoms with Crippen LogP contribution in [0.3, 0.4) is 0 Å². The van der Waals surface area contributed by atoms with Crippen LogP contribution in [0.1, 0.15) is 17.0 Å². The van der Waals surface area contributed by atoms with Gasteiger partial charge in [0.15, 0.2) is 0 Å². The fourth-order valence-corrected chi connectivity index (χ4v) is 3.27. The van der Waals surface area contributed by atoms with E-state index in [9.17, 15) is 18.4 Å². The summed E-state index contributed by atoms with van der Waals surface area (Å²) in [4.78, 5) is 0. The zero-order valence-electron chi connectivity index (χ0n) is 14.7. The lowest BCUT2D eigenvalue weighted by Gasteiger charge is -2.24. The molecule has 146 valence electrons. The molecule has 2 aromatic carbocycles. The van der Waals surface area contributed by atoms with Crippen LogP contribution in [-0.4, -0.2) is 16.6 Å². The summed E-state index contributed by atoms with van der Waals surface area (Å²) in [6.45, 7) is 0. The van der Waals surface area contributed by atoms with Crippen molar-refractivity contribution in [3.8, 4) is 29.0 Å². The average Bonchev–Trinajstić information content (AvgIpc) is 3.10. The number of halogens is 3. The number of aromatic nitrogens is 2. The molecule has 0 spiro atoms. The Morgan fingerprint density at radius 3 is 2.41 bits per heavy atom. The third-order valence-electron chi connectivity index (χ3n) is 4.45. The number of nitriles is 1. The van der Waals surface area contributed by atoms with Crippen molar-refractivity contribution >= 4 is 0 Å². The van der Waals surface area contributed by atoms with E-state index in [0.717, 1.165) is 5.56 Å². The molecule has 1 unspecified atom stereocenters. The van der Waals surface area contributed by atoms with E-state index >= 15 is 0 Å². The first-order chi connectivity index (χ1) is 13.9. The number of hydrogen-bond acceptors (Lipinski definition) is 5. The number of rotatable bonds is 3. The normalized spacial score (nSPS) is 16.0. The molecule has 1 atom stereocenters. The van der Waals surface area contributed by atoms with Gasteiger partial charge in [-0.2, -0.15) is 5.26 Å². The standard InChI is InChI=1S/C20H13F3N4O2/c21-20(22,23)29-13-8-6-11(7-9-13)15-14(10-24)18(25)28-19-16(15)17(26-27-19)12-4-2-1-3-5-12/h1-9,15H,25H2,(H,26,27). The van der Waals surface area contributed by atoms with Crippen molar-refractivity contribution < 1.29 is 22.6 Å². The first kappa shape index (κ1) is 18.4. The number of hydrogen-bond donors (Lipinski definition) is 2. The predicted octanol–water partition coefficient (Wildman–Crippen LogP) is 4.19. The predicted molar refractivity (Wildman–Crippen MR) is 96.4 cm³/mol. The lowest BCUT2D eigenvalue weighted by atomic mass is 9.83. The van der Waals surface area contributed by atoms with Gasteiger partial charge in [0.1, 0.15) is 17.4 Å². The van der Waals surface area contributed by atoms with Crippen LogP contribution in [0.4, 0.5) is 13.2 Å². The second kappa shape index (κ2) is 6.91. The summed E-state index contributed by atoms with van der Waals surface area (Å²) in [5.74, 6) is -0.926. The van der Waals surface area contributed by atoms with Crippen molar-refractivity contribution in [2.45, 2.75) is 12.3 Å². The van der Waals surface area contributed by atoms with Crippen molar-refractivity contribution in [3.63, 3.8) is 0 Å². The Bertz CT molecular complexity index is 1110. The largest absolute Gasteiger partial charge is 0.573 e. The van der Waals surface area contributed by atoms with E-state index in [-0.39, 0.29) is 23.1 Å². The molecule has 3 N–H and O–H groups in total. The molecular weight excluding hydrogens is 385 g/mol. The van der Waals surface area contributed by atoms with Crippen LogP contribution in [0.2, 0.25) is 0 Å². The third kappa shape index (κ3) is 3.48. The number of alkyl halides is 3. The Morgan fingerprint density at radius 1 is 1.10 bits per heavy atom. The van der Waals surface area contributed by atoms with Crippen molar-refractivity contribution in [2.75, 3.05) is 0 Å². The molecule has 1 aromatic heterocycles. The van der Waals surface area contributed by atoms with Gasteiger partial charge in [-0.05, 0) is 23.3 Å². The Morgan fingerprint density at radius 2 is 1.79 bits per heavy atom. The lowest BCUT2D eigenvalue weighted by molar-refractivity contribution is -0.274. The number of ether oxygens (including phenoxy) is 2. The van der Waals surface area contributed by atoms with E-state index in [1.165, 1.54) is 24.3 Å². The van der Waals surface area contributed by atoms with Gasteiger partial charge in [-0.3, -0.25) is 5.10 Å². The molecule has 0 radical (unpaired) electrons. The van der Waals surface area contributed by atoms with Crippen LogP contribution in [0, 0.1) is 11.3 Å². The molecule has 29 heavy (non-hydrogen) atoms. The molecular formula is C20H13F3N4O2. The Labute approximate surface area is 163 Å². The second-order valence-corrected chi connectivity index (χ2v) is 6.23. The smallest absolute Gasteiger partial charge is 0.420 e. The number of fused-ring (bicyclic) bond motifs is 1. The van der Waals surface area contributed by atoms with E-state index in [2.05, 4.69) is 14.9 Å². The fourth-order valence-electron chi connectivity index (χ4n) is 3.27. The van der Waals surface area contributed by atoms with E-state index in [1.54, 1.807) is 0 Å². The summed E-state index contributed by atoms with van der Waals surface area (Å²) in [5, 5.41) is 16.7. The molecule has 0 amide bonds. The Balaban J connectivity index is 1.82. The molecule has 1 aliphatic heterocycles. The minimum atomic E-state index is -4.79. The highest BCUT2D eigenvalue weighted by Crippen LogP contribution is 2.45. The van der Waals surface area contributed by atoms with E-state index in [1.807, 2.05) is 36.4 Å². The highest BCUT2D eigenvalue weighted by molar-refractivity contribution is 5.70. The molecule has 1 aliphatic rings. The van der Waals surface area contributed by atoms with Crippen LogP contribution in [0.5, 0.6) is 11.6 Å². The summed E-state index contributed by atoms with van der Waals surface area (Å²) < 4.78 is 46.7. The Hall–Kier alpha value is -3.93. The Kier molecular flexibility index (Phi) is 4.39. The van der Waals surface area contributed by atoms with Crippen molar-refractivity contribution in [3.05, 3.63) is 77.2 Å². The molecule has 6 nitrogen and oxygen atoms in total. The van der Waals surface area contributed by atoms with Gasteiger partial charge in [-0.15, -0.1) is 18.3 Å². The molecule has 4 rings (SSSR count). The molecule has 0 fully saturated rings. The minimum absolute atomic E-state index is 0.105. The minimum Gasteiger partial charge on any atom is -0.420 e. The zero-order chi connectivity index (χ0) is 20.6. The molecule has 0 aliphatic carbocycles. The molecule has 2 heterocycles. The monoisotopic (exact) mass is 398 g/mol. The molecule has 0 bridgehead atoms. The first-order valence-corrected chi connectivity index (χ1v) is 8.44. The van der Waals surface area contributed by atoms with Gasteiger partial charge in [0.25, 0.3) is 0 Å².